The predicted octanol–water partition coefficient (Wildman–Crippen LogP) is 3.68. The summed E-state index contributed by atoms with van der Waals surface area (Å²) in [5.41, 5.74) is 3.00. The fourth-order valence-electron chi connectivity index (χ4n) is 2.10. The standard InChI is InChI=1S/C15H20O2/c1-4-7-17-15-11(3)8-10(2)9-13(15)14(16)12-5-6-12/h8-9,12H,4-7H2,1-3H3. The fourth-order valence-corrected chi connectivity index (χ4v) is 2.10. The Hall–Kier alpha value is -1.31. The second-order valence-corrected chi connectivity index (χ2v) is 4.95. The molecule has 1 aliphatic rings. The van der Waals surface area contributed by atoms with Crippen LogP contribution in [0.2, 0.25) is 0 Å². The Morgan fingerprint density at radius 1 is 1.35 bits per heavy atom. The predicted molar refractivity (Wildman–Crippen MR) is 68.8 cm³/mol. The summed E-state index contributed by atoms with van der Waals surface area (Å²) in [4.78, 5) is 12.2. The molecule has 0 saturated heterocycles. The number of benzene rings is 1. The first-order valence-electron chi connectivity index (χ1n) is 6.41. The average Bonchev–Trinajstić information content (AvgIpc) is 3.10. The molecule has 1 aromatic carbocycles. The van der Waals surface area contributed by atoms with Crippen LogP contribution in [0.25, 0.3) is 0 Å². The van der Waals surface area contributed by atoms with Gasteiger partial charge in [0.25, 0.3) is 0 Å². The third-order valence-electron chi connectivity index (χ3n) is 3.08. The van der Waals surface area contributed by atoms with Gasteiger partial charge in [0.05, 0.1) is 12.2 Å². The normalized spacial score (nSPS) is 14.8. The lowest BCUT2D eigenvalue weighted by molar-refractivity contribution is 0.0963. The van der Waals surface area contributed by atoms with E-state index in [1.807, 2.05) is 19.9 Å². The van der Waals surface area contributed by atoms with Gasteiger partial charge >= 0.3 is 0 Å². The summed E-state index contributed by atoms with van der Waals surface area (Å²) in [5.74, 6) is 1.32. The number of carbonyl (C=O) groups excluding carboxylic acids is 1. The minimum absolute atomic E-state index is 0.250. The maximum absolute atomic E-state index is 12.2. The molecule has 0 atom stereocenters. The zero-order valence-corrected chi connectivity index (χ0v) is 10.9. The Bertz CT molecular complexity index is 431. The highest BCUT2D eigenvalue weighted by molar-refractivity contribution is 6.02. The first-order valence-corrected chi connectivity index (χ1v) is 6.41. The molecule has 0 radical (unpaired) electrons. The quantitative estimate of drug-likeness (QED) is 0.724. The van der Waals surface area contributed by atoms with Crippen molar-refractivity contribution in [3.05, 3.63) is 28.8 Å². The maximum atomic E-state index is 12.2. The molecule has 0 aromatic heterocycles. The summed E-state index contributed by atoms with van der Waals surface area (Å²) >= 11 is 0. The molecule has 1 aliphatic carbocycles. The van der Waals surface area contributed by atoms with Gasteiger partial charge in [0.15, 0.2) is 5.78 Å². The van der Waals surface area contributed by atoms with Gasteiger partial charge in [0, 0.05) is 5.92 Å². The second kappa shape index (κ2) is 4.91. The number of carbonyl (C=O) groups is 1. The number of hydrogen-bond donors (Lipinski definition) is 0. The summed E-state index contributed by atoms with van der Waals surface area (Å²) in [5, 5.41) is 0. The molecule has 0 spiro atoms. The molecule has 0 aliphatic heterocycles. The molecule has 0 bridgehead atoms. The zero-order valence-electron chi connectivity index (χ0n) is 10.9. The van der Waals surface area contributed by atoms with Gasteiger partial charge < -0.3 is 4.74 Å². The van der Waals surface area contributed by atoms with Crippen molar-refractivity contribution in [1.29, 1.82) is 0 Å². The van der Waals surface area contributed by atoms with Crippen LogP contribution in [0.1, 0.15) is 47.7 Å². The smallest absolute Gasteiger partial charge is 0.169 e. The number of rotatable bonds is 5. The van der Waals surface area contributed by atoms with Crippen molar-refractivity contribution >= 4 is 5.78 Å². The van der Waals surface area contributed by atoms with Crippen molar-refractivity contribution in [2.75, 3.05) is 6.61 Å². The molecule has 0 amide bonds. The largest absolute Gasteiger partial charge is 0.493 e. The van der Waals surface area contributed by atoms with Crippen molar-refractivity contribution in [3.63, 3.8) is 0 Å². The molecular weight excluding hydrogens is 212 g/mol. The minimum atomic E-state index is 0.250. The molecule has 2 rings (SSSR count). The second-order valence-electron chi connectivity index (χ2n) is 4.95. The summed E-state index contributed by atoms with van der Waals surface area (Å²) in [6.45, 7) is 6.79. The molecule has 0 unspecified atom stereocenters. The van der Waals surface area contributed by atoms with Crippen molar-refractivity contribution < 1.29 is 9.53 Å². The van der Waals surface area contributed by atoms with Gasteiger partial charge in [0.2, 0.25) is 0 Å². The van der Waals surface area contributed by atoms with Crippen LogP contribution in [0.15, 0.2) is 12.1 Å². The van der Waals surface area contributed by atoms with E-state index in [2.05, 4.69) is 13.0 Å². The highest BCUT2D eigenvalue weighted by Crippen LogP contribution is 2.36. The summed E-state index contributed by atoms with van der Waals surface area (Å²) in [6, 6.07) is 4.05. The number of hydrogen-bond acceptors (Lipinski definition) is 2. The SMILES string of the molecule is CCCOc1c(C)cc(C)cc1C(=O)C1CC1. The van der Waals surface area contributed by atoms with Gasteiger partial charge in [-0.05, 0) is 50.3 Å². The Morgan fingerprint density at radius 2 is 2.06 bits per heavy atom. The summed E-state index contributed by atoms with van der Waals surface area (Å²) in [6.07, 6.45) is 3.04. The van der Waals surface area contributed by atoms with Gasteiger partial charge in [-0.1, -0.05) is 13.0 Å². The highest BCUT2D eigenvalue weighted by Gasteiger charge is 2.32. The Morgan fingerprint density at radius 3 is 2.65 bits per heavy atom. The summed E-state index contributed by atoms with van der Waals surface area (Å²) in [7, 11) is 0. The van der Waals surface area contributed by atoms with Crippen LogP contribution in [0.5, 0.6) is 5.75 Å². The third kappa shape index (κ3) is 2.68. The van der Waals surface area contributed by atoms with E-state index in [0.717, 1.165) is 41.7 Å². The number of ketones is 1. The monoisotopic (exact) mass is 232 g/mol. The van der Waals surface area contributed by atoms with Crippen LogP contribution in [0, 0.1) is 19.8 Å². The molecule has 92 valence electrons. The molecule has 0 N–H and O–H groups in total. The van der Waals surface area contributed by atoms with E-state index in [1.54, 1.807) is 0 Å². The van der Waals surface area contributed by atoms with Crippen LogP contribution < -0.4 is 4.74 Å². The van der Waals surface area contributed by atoms with E-state index in [-0.39, 0.29) is 11.7 Å². The maximum Gasteiger partial charge on any atom is 0.169 e. The molecular formula is C15H20O2. The molecule has 1 saturated carbocycles. The zero-order chi connectivity index (χ0) is 12.4. The Balaban J connectivity index is 2.35. The lowest BCUT2D eigenvalue weighted by atomic mass is 10.00. The number of aryl methyl sites for hydroxylation is 2. The molecule has 2 nitrogen and oxygen atoms in total. The van der Waals surface area contributed by atoms with Crippen molar-refractivity contribution in [2.24, 2.45) is 5.92 Å². The van der Waals surface area contributed by atoms with Gasteiger partial charge in [0.1, 0.15) is 5.75 Å². The van der Waals surface area contributed by atoms with E-state index in [9.17, 15) is 4.79 Å². The van der Waals surface area contributed by atoms with Crippen LogP contribution in [-0.4, -0.2) is 12.4 Å². The molecule has 1 aromatic rings. The Kier molecular flexibility index (Phi) is 3.51. The molecule has 0 heterocycles. The average molecular weight is 232 g/mol. The molecule has 2 heteroatoms. The van der Waals surface area contributed by atoms with E-state index in [1.165, 1.54) is 0 Å². The van der Waals surface area contributed by atoms with Crippen LogP contribution in [-0.2, 0) is 0 Å². The van der Waals surface area contributed by atoms with Crippen molar-refractivity contribution in [3.8, 4) is 5.75 Å². The molecule has 17 heavy (non-hydrogen) atoms. The fraction of sp³-hybridized carbons (Fsp3) is 0.533. The minimum Gasteiger partial charge on any atom is -0.493 e. The highest BCUT2D eigenvalue weighted by atomic mass is 16.5. The van der Waals surface area contributed by atoms with Gasteiger partial charge in [-0.3, -0.25) is 4.79 Å². The first kappa shape index (κ1) is 12.2. The first-order chi connectivity index (χ1) is 8.13. The van der Waals surface area contributed by atoms with Crippen LogP contribution in [0.3, 0.4) is 0 Å². The van der Waals surface area contributed by atoms with Crippen molar-refractivity contribution in [1.82, 2.24) is 0 Å². The van der Waals surface area contributed by atoms with E-state index in [4.69, 9.17) is 4.74 Å². The van der Waals surface area contributed by atoms with E-state index < -0.39 is 0 Å². The summed E-state index contributed by atoms with van der Waals surface area (Å²) < 4.78 is 5.75. The number of Topliss-reactive ketones (excluding diaryl/α,β-unsaturated/α-hetero) is 1. The topological polar surface area (TPSA) is 26.3 Å². The number of ether oxygens (including phenoxy) is 1. The van der Waals surface area contributed by atoms with E-state index >= 15 is 0 Å². The Labute approximate surface area is 103 Å². The van der Waals surface area contributed by atoms with Crippen LogP contribution >= 0.6 is 0 Å². The van der Waals surface area contributed by atoms with Gasteiger partial charge in [-0.25, -0.2) is 0 Å². The lowest BCUT2D eigenvalue weighted by Gasteiger charge is -2.14. The van der Waals surface area contributed by atoms with Gasteiger partial charge in [-0.2, -0.15) is 0 Å². The van der Waals surface area contributed by atoms with Crippen molar-refractivity contribution in [2.45, 2.75) is 40.0 Å². The van der Waals surface area contributed by atoms with Gasteiger partial charge in [-0.15, -0.1) is 0 Å². The third-order valence-corrected chi connectivity index (χ3v) is 3.08. The van der Waals surface area contributed by atoms with E-state index in [0.29, 0.717) is 6.61 Å². The molecule has 1 fully saturated rings. The lowest BCUT2D eigenvalue weighted by Crippen LogP contribution is -2.08. The van der Waals surface area contributed by atoms with Crippen LogP contribution in [0.4, 0.5) is 0 Å².